The van der Waals surface area contributed by atoms with Gasteiger partial charge in [-0.3, -0.25) is 19.3 Å². The van der Waals surface area contributed by atoms with E-state index < -0.39 is 47.0 Å². The van der Waals surface area contributed by atoms with E-state index in [1.165, 1.54) is 40.2 Å². The van der Waals surface area contributed by atoms with Gasteiger partial charge in [0.2, 0.25) is 5.43 Å². The molecule has 1 fully saturated rings. The molecule has 0 unspecified atom stereocenters. The molecule has 2 amide bonds. The summed E-state index contributed by atoms with van der Waals surface area (Å²) in [6, 6.07) is -0.137. The average molecular weight is 639 g/mol. The van der Waals surface area contributed by atoms with Gasteiger partial charge in [0, 0.05) is 23.0 Å². The first-order valence-electron chi connectivity index (χ1n) is 11.3. The number of pyridine rings is 1. The number of carbonyl (C=O) groups is 3. The van der Waals surface area contributed by atoms with Gasteiger partial charge in [0.05, 0.1) is 6.20 Å². The molecule has 20 heteroatoms. The number of β-lactam (4-membered cyclic amide) rings is 1. The molecule has 0 spiro atoms. The van der Waals surface area contributed by atoms with Crippen LogP contribution in [0.1, 0.15) is 11.4 Å². The lowest BCUT2D eigenvalue weighted by molar-refractivity contribution is -0.150. The first-order valence-corrected chi connectivity index (χ1v) is 15.1. The van der Waals surface area contributed by atoms with Crippen molar-refractivity contribution < 1.29 is 34.6 Å². The molecule has 1 saturated heterocycles. The van der Waals surface area contributed by atoms with Gasteiger partial charge in [-0.15, -0.1) is 33.3 Å². The van der Waals surface area contributed by atoms with Crippen LogP contribution < -0.4 is 16.5 Å². The van der Waals surface area contributed by atoms with Crippen molar-refractivity contribution in [1.29, 1.82) is 0 Å². The van der Waals surface area contributed by atoms with Crippen LogP contribution in [-0.2, 0) is 25.8 Å². The Bertz CT molecular complexity index is 1640. The number of hydrogen-bond donors (Lipinski definition) is 5. The van der Waals surface area contributed by atoms with Crippen LogP contribution in [0, 0.1) is 0 Å². The molecule has 0 aromatic carbocycles. The molecule has 41 heavy (non-hydrogen) atoms. The smallest absolute Gasteiger partial charge is 0.352 e. The number of carboxylic acids is 1. The van der Waals surface area contributed by atoms with Crippen LogP contribution in [0.25, 0.3) is 0 Å². The minimum Gasteiger partial charge on any atom is -0.503 e. The summed E-state index contributed by atoms with van der Waals surface area (Å²) in [6.45, 7) is -0.471. The van der Waals surface area contributed by atoms with Gasteiger partial charge >= 0.3 is 5.97 Å². The normalized spacial score (nSPS) is 18.6. The Morgan fingerprint density at radius 1 is 1.32 bits per heavy atom. The Labute approximate surface area is 245 Å². The molecule has 6 N–H and O–H groups in total. The summed E-state index contributed by atoms with van der Waals surface area (Å²) in [5.74, 6) is -2.78. The summed E-state index contributed by atoms with van der Waals surface area (Å²) >= 11 is 4.96. The highest BCUT2D eigenvalue weighted by Crippen LogP contribution is 2.41. The highest BCUT2D eigenvalue weighted by molar-refractivity contribution is 8.01. The standard InChI is InChI=1S/C21H18N8O8S4/c22-20-24-10(6-39-20)13(27-37-3-9-1-11(30)12(31)2-28(9)36)16(32)25-14-17(33)29-15(19(34)35)8(4-38-18(14)29)5-40-21-26-23-7-41-21/h1-2,6-7,14,18,31,36H,3-5H2,(H2,22,24)(H,25,32)(H,34,35)/b27-13+/t14-,18-/m1/s1. The van der Waals surface area contributed by atoms with Crippen LogP contribution in [0.3, 0.4) is 0 Å². The molecular formula is C21H18N8O8S4. The van der Waals surface area contributed by atoms with Gasteiger partial charge in [-0.2, -0.15) is 4.73 Å². The maximum absolute atomic E-state index is 13.2. The zero-order chi connectivity index (χ0) is 29.3. The van der Waals surface area contributed by atoms with E-state index in [2.05, 4.69) is 25.7 Å². The van der Waals surface area contributed by atoms with Gasteiger partial charge in [0.25, 0.3) is 11.8 Å². The topological polar surface area (TPSA) is 235 Å². The number of aromatic nitrogens is 4. The first-order chi connectivity index (χ1) is 19.6. The predicted octanol–water partition coefficient (Wildman–Crippen LogP) is 0.133. The summed E-state index contributed by atoms with van der Waals surface area (Å²) in [5, 5.41) is 44.1. The van der Waals surface area contributed by atoms with Gasteiger partial charge < -0.3 is 31.3 Å². The maximum atomic E-state index is 13.2. The molecule has 3 aromatic rings. The lowest BCUT2D eigenvalue weighted by atomic mass is 10.0. The second kappa shape index (κ2) is 11.8. The number of aliphatic carboxylic acids is 1. The van der Waals surface area contributed by atoms with Crippen molar-refractivity contribution in [3.05, 3.63) is 56.0 Å². The number of aromatic hydroxyl groups is 1. The molecule has 3 aromatic heterocycles. The van der Waals surface area contributed by atoms with Crippen molar-refractivity contribution in [3.8, 4) is 5.75 Å². The molecule has 214 valence electrons. The van der Waals surface area contributed by atoms with E-state index in [9.17, 15) is 34.6 Å². The fourth-order valence-corrected chi connectivity index (χ4v) is 7.33. The van der Waals surface area contributed by atoms with Crippen LogP contribution in [0.2, 0.25) is 0 Å². The molecule has 16 nitrogen and oxygen atoms in total. The van der Waals surface area contributed by atoms with Crippen LogP contribution in [-0.4, -0.2) is 86.6 Å². The quantitative estimate of drug-likeness (QED) is 0.0653. The van der Waals surface area contributed by atoms with Crippen molar-refractivity contribution in [1.82, 2.24) is 30.1 Å². The number of carbonyl (C=O) groups excluding carboxylic acids is 2. The van der Waals surface area contributed by atoms with E-state index in [1.54, 1.807) is 5.51 Å². The largest absolute Gasteiger partial charge is 0.503 e. The van der Waals surface area contributed by atoms with Gasteiger partial charge in [-0.1, -0.05) is 28.3 Å². The highest BCUT2D eigenvalue weighted by Gasteiger charge is 2.54. The Morgan fingerprint density at radius 2 is 2.12 bits per heavy atom. The lowest BCUT2D eigenvalue weighted by Crippen LogP contribution is -2.71. The predicted molar refractivity (Wildman–Crippen MR) is 148 cm³/mol. The highest BCUT2D eigenvalue weighted by atomic mass is 32.2. The van der Waals surface area contributed by atoms with Crippen LogP contribution in [0.5, 0.6) is 5.75 Å². The molecule has 2 aliphatic heterocycles. The zero-order valence-electron chi connectivity index (χ0n) is 20.4. The van der Waals surface area contributed by atoms with Crippen LogP contribution in [0.4, 0.5) is 5.13 Å². The number of amides is 2. The van der Waals surface area contributed by atoms with Gasteiger partial charge in [-0.25, -0.2) is 9.78 Å². The van der Waals surface area contributed by atoms with Gasteiger partial charge in [0.15, 0.2) is 27.5 Å². The second-order valence-electron chi connectivity index (χ2n) is 8.25. The molecule has 5 rings (SSSR count). The number of thioether (sulfide) groups is 2. The Morgan fingerprint density at radius 3 is 2.80 bits per heavy atom. The minimum atomic E-state index is -1.26. The number of nitrogens with two attached hydrogens (primary N) is 1. The molecule has 5 heterocycles. The number of hydrogen-bond acceptors (Lipinski definition) is 16. The van der Waals surface area contributed by atoms with E-state index in [0.29, 0.717) is 26.1 Å². The summed E-state index contributed by atoms with van der Waals surface area (Å²) in [4.78, 5) is 60.4. The Hall–Kier alpha value is -4.14. The average Bonchev–Trinajstić information content (AvgIpc) is 3.62. The van der Waals surface area contributed by atoms with Gasteiger partial charge in [0.1, 0.15) is 34.0 Å². The lowest BCUT2D eigenvalue weighted by Gasteiger charge is -2.49. The summed E-state index contributed by atoms with van der Waals surface area (Å²) < 4.78 is 1.13. The number of nitrogens with one attached hydrogen (secondary N) is 1. The fourth-order valence-electron chi connectivity index (χ4n) is 3.80. The van der Waals surface area contributed by atoms with E-state index in [0.717, 1.165) is 28.5 Å². The SMILES string of the molecule is Nc1nc(/C(=N\OCc2cc(=O)c(O)cn2O)C(=O)N[C@@H]2C(=O)N3C(C(=O)O)=C(CSc4nncs4)CS[C@H]23)cs1. The minimum absolute atomic E-state index is 0.0409. The van der Waals surface area contributed by atoms with Crippen molar-refractivity contribution in [3.63, 3.8) is 0 Å². The number of anilines is 1. The van der Waals surface area contributed by atoms with Crippen molar-refractivity contribution >= 4 is 74.8 Å². The third-order valence-electron chi connectivity index (χ3n) is 5.68. The summed E-state index contributed by atoms with van der Waals surface area (Å²) in [6.07, 6.45) is 0.773. The maximum Gasteiger partial charge on any atom is 0.352 e. The Balaban J connectivity index is 1.31. The number of rotatable bonds is 10. The van der Waals surface area contributed by atoms with E-state index in [-0.39, 0.29) is 27.9 Å². The van der Waals surface area contributed by atoms with Gasteiger partial charge in [-0.05, 0) is 5.57 Å². The first kappa shape index (κ1) is 28.4. The van der Waals surface area contributed by atoms with Crippen LogP contribution in [0.15, 0.2) is 48.7 Å². The third-order valence-corrected chi connectivity index (χ3v) is 9.64. The molecule has 2 aliphatic rings. The second-order valence-corrected chi connectivity index (χ2v) is 12.3. The molecule has 0 bridgehead atoms. The molecule has 2 atom stereocenters. The zero-order valence-corrected chi connectivity index (χ0v) is 23.6. The van der Waals surface area contributed by atoms with E-state index in [4.69, 9.17) is 10.6 Å². The van der Waals surface area contributed by atoms with Crippen LogP contribution >= 0.6 is 46.2 Å². The number of thiazole rings is 1. The summed E-state index contributed by atoms with van der Waals surface area (Å²) in [7, 11) is 0. The number of nitrogen functional groups attached to an aromatic ring is 1. The van der Waals surface area contributed by atoms with E-state index >= 15 is 0 Å². The summed E-state index contributed by atoms with van der Waals surface area (Å²) in [5.41, 5.74) is 6.52. The number of nitrogens with zero attached hydrogens (tertiary/aromatic N) is 6. The molecule has 0 radical (unpaired) electrons. The molecule has 0 aliphatic carbocycles. The third kappa shape index (κ3) is 5.85. The number of fused-ring (bicyclic) bond motifs is 1. The monoisotopic (exact) mass is 638 g/mol. The molecular weight excluding hydrogens is 621 g/mol. The van der Waals surface area contributed by atoms with Crippen molar-refractivity contribution in [2.45, 2.75) is 22.4 Å². The number of oxime groups is 1. The fraction of sp³-hybridized carbons (Fsp3) is 0.238. The molecule has 0 saturated carbocycles. The van der Waals surface area contributed by atoms with Crippen molar-refractivity contribution in [2.75, 3.05) is 17.2 Å². The van der Waals surface area contributed by atoms with Crippen molar-refractivity contribution in [2.24, 2.45) is 5.16 Å². The number of carboxylic acid groups (broad SMARTS) is 1. The van der Waals surface area contributed by atoms with E-state index in [1.807, 2.05) is 0 Å². The Kier molecular flexibility index (Phi) is 8.15.